The monoisotopic (exact) mass is 268 g/mol. The van der Waals surface area contributed by atoms with Gasteiger partial charge in [0.15, 0.2) is 0 Å². The third kappa shape index (κ3) is 13.7. The van der Waals surface area contributed by atoms with E-state index in [1.807, 2.05) is 0 Å². The molecule has 0 rings (SSSR count). The molecule has 0 heterocycles. The van der Waals surface area contributed by atoms with Crippen molar-refractivity contribution < 1.29 is 0 Å². The summed E-state index contributed by atoms with van der Waals surface area (Å²) in [5.41, 5.74) is 4.75. The zero-order chi connectivity index (χ0) is 14.6. The van der Waals surface area contributed by atoms with Crippen molar-refractivity contribution in [1.29, 1.82) is 0 Å². The summed E-state index contributed by atoms with van der Waals surface area (Å²) in [4.78, 5) is 0. The Morgan fingerprint density at radius 2 is 1.26 bits per heavy atom. The second-order valence-electron chi connectivity index (χ2n) is 6.66. The minimum Gasteiger partial charge on any atom is -0.305 e. The normalized spacial score (nSPS) is 11.4. The van der Waals surface area contributed by atoms with E-state index in [0.29, 0.717) is 0 Å². The molecule has 0 aromatic carbocycles. The Labute approximate surface area is 121 Å². The van der Waals surface area contributed by atoms with Crippen LogP contribution in [0.25, 0.3) is 0 Å². The van der Waals surface area contributed by atoms with Gasteiger partial charge < -0.3 is 5.43 Å². The lowest BCUT2D eigenvalue weighted by atomic mass is 10.0. The van der Waals surface area contributed by atoms with E-state index in [0.717, 1.165) is 0 Å². The molecule has 0 unspecified atom stereocenters. The van der Waals surface area contributed by atoms with Crippen LogP contribution in [0.5, 0.6) is 0 Å². The van der Waals surface area contributed by atoms with Gasteiger partial charge in [0.2, 0.25) is 0 Å². The van der Waals surface area contributed by atoms with Crippen LogP contribution in [0.1, 0.15) is 98.8 Å². The van der Waals surface area contributed by atoms with Crippen molar-refractivity contribution in [3.8, 4) is 0 Å². The van der Waals surface area contributed by atoms with Gasteiger partial charge in [0.05, 0.1) is 0 Å². The van der Waals surface area contributed by atoms with Gasteiger partial charge in [-0.25, -0.2) is 0 Å². The van der Waals surface area contributed by atoms with Gasteiger partial charge in [0.25, 0.3) is 0 Å². The molecule has 0 aliphatic carbocycles. The summed E-state index contributed by atoms with van der Waals surface area (Å²) in [6, 6.07) is 0. The maximum Gasteiger partial charge on any atom is 0.0464 e. The van der Waals surface area contributed by atoms with Crippen LogP contribution in [-0.4, -0.2) is 11.3 Å². The van der Waals surface area contributed by atoms with Crippen molar-refractivity contribution in [2.75, 3.05) is 0 Å². The highest BCUT2D eigenvalue weighted by molar-refractivity contribution is 5.84. The second-order valence-corrected chi connectivity index (χ2v) is 6.66. The molecule has 0 fully saturated rings. The number of hydrazone groups is 1. The summed E-state index contributed by atoms with van der Waals surface area (Å²) in [6.07, 6.45) is 13.0. The van der Waals surface area contributed by atoms with Gasteiger partial charge in [-0.3, -0.25) is 0 Å². The van der Waals surface area contributed by atoms with Gasteiger partial charge in [0.1, 0.15) is 0 Å². The molecule has 0 radical (unpaired) electrons. The maximum atomic E-state index is 4.66. The summed E-state index contributed by atoms with van der Waals surface area (Å²) < 4.78 is 0. The van der Waals surface area contributed by atoms with Gasteiger partial charge in [-0.15, -0.1) is 0 Å². The second kappa shape index (κ2) is 11.3. The van der Waals surface area contributed by atoms with Gasteiger partial charge in [-0.2, -0.15) is 5.10 Å². The predicted molar refractivity (Wildman–Crippen MR) is 87.8 cm³/mol. The van der Waals surface area contributed by atoms with Crippen molar-refractivity contribution >= 4 is 5.71 Å². The van der Waals surface area contributed by atoms with E-state index in [9.17, 15) is 0 Å². The van der Waals surface area contributed by atoms with Crippen LogP contribution in [-0.2, 0) is 0 Å². The first-order chi connectivity index (χ1) is 8.99. The molecule has 0 bridgehead atoms. The smallest absolute Gasteiger partial charge is 0.0464 e. The fraction of sp³-hybridized carbons (Fsp3) is 0.941. The molecule has 0 amide bonds. The molecule has 0 saturated heterocycles. The first-order valence-corrected chi connectivity index (χ1v) is 8.32. The molecule has 0 aliphatic heterocycles. The molecule has 2 heteroatoms. The van der Waals surface area contributed by atoms with E-state index in [2.05, 4.69) is 45.1 Å². The van der Waals surface area contributed by atoms with Crippen LogP contribution >= 0.6 is 0 Å². The largest absolute Gasteiger partial charge is 0.305 e. The van der Waals surface area contributed by atoms with Crippen LogP contribution in [0.2, 0.25) is 0 Å². The van der Waals surface area contributed by atoms with Crippen molar-refractivity contribution in [3.05, 3.63) is 0 Å². The van der Waals surface area contributed by atoms with Crippen LogP contribution in [0.3, 0.4) is 0 Å². The van der Waals surface area contributed by atoms with Gasteiger partial charge >= 0.3 is 0 Å². The number of hydrogen-bond donors (Lipinski definition) is 1. The van der Waals surface area contributed by atoms with Crippen LogP contribution in [0.4, 0.5) is 0 Å². The zero-order valence-corrected chi connectivity index (χ0v) is 14.0. The molecular weight excluding hydrogens is 232 g/mol. The number of nitrogens with zero attached hydrogens (tertiary/aromatic N) is 1. The lowest BCUT2D eigenvalue weighted by molar-refractivity contribution is 0.439. The van der Waals surface area contributed by atoms with Gasteiger partial charge in [0, 0.05) is 11.3 Å². The van der Waals surface area contributed by atoms with Gasteiger partial charge in [-0.05, 0) is 46.5 Å². The SMILES string of the molecule is CCCCCCC(CCCCCC)=NNC(C)(C)C. The minimum absolute atomic E-state index is 0.0814. The van der Waals surface area contributed by atoms with E-state index in [-0.39, 0.29) is 5.54 Å². The van der Waals surface area contributed by atoms with Crippen LogP contribution in [0.15, 0.2) is 5.10 Å². The Morgan fingerprint density at radius 1 is 0.789 bits per heavy atom. The van der Waals surface area contributed by atoms with Crippen molar-refractivity contribution in [3.63, 3.8) is 0 Å². The molecule has 0 aromatic heterocycles. The molecule has 2 nitrogen and oxygen atoms in total. The quantitative estimate of drug-likeness (QED) is 0.291. The van der Waals surface area contributed by atoms with E-state index in [1.54, 1.807) is 0 Å². The molecule has 19 heavy (non-hydrogen) atoms. The number of hydrogen-bond acceptors (Lipinski definition) is 2. The zero-order valence-electron chi connectivity index (χ0n) is 14.0. The van der Waals surface area contributed by atoms with E-state index in [4.69, 9.17) is 0 Å². The van der Waals surface area contributed by atoms with Crippen molar-refractivity contribution in [2.45, 2.75) is 104 Å². The summed E-state index contributed by atoms with van der Waals surface area (Å²) in [5.74, 6) is 0. The Morgan fingerprint density at radius 3 is 1.63 bits per heavy atom. The molecule has 0 saturated carbocycles. The van der Waals surface area contributed by atoms with E-state index in [1.165, 1.54) is 69.9 Å². The number of rotatable bonds is 11. The molecular formula is C17H36N2. The van der Waals surface area contributed by atoms with Crippen molar-refractivity contribution in [2.24, 2.45) is 5.10 Å². The topological polar surface area (TPSA) is 24.4 Å². The summed E-state index contributed by atoms with van der Waals surface area (Å²) >= 11 is 0. The average molecular weight is 268 g/mol. The highest BCUT2D eigenvalue weighted by atomic mass is 15.3. The Balaban J connectivity index is 4.06. The minimum atomic E-state index is 0.0814. The average Bonchev–Trinajstić information content (AvgIpc) is 2.34. The molecule has 0 aliphatic rings. The lowest BCUT2D eigenvalue weighted by Gasteiger charge is -2.19. The molecule has 0 aromatic rings. The van der Waals surface area contributed by atoms with E-state index >= 15 is 0 Å². The third-order valence-corrected chi connectivity index (χ3v) is 3.19. The molecule has 1 N–H and O–H groups in total. The highest BCUT2D eigenvalue weighted by Gasteiger charge is 2.08. The lowest BCUT2D eigenvalue weighted by Crippen LogP contribution is -2.32. The van der Waals surface area contributed by atoms with E-state index < -0.39 is 0 Å². The fourth-order valence-electron chi connectivity index (χ4n) is 2.00. The van der Waals surface area contributed by atoms with Gasteiger partial charge in [-0.1, -0.05) is 52.4 Å². The Hall–Kier alpha value is -0.530. The highest BCUT2D eigenvalue weighted by Crippen LogP contribution is 2.10. The maximum absolute atomic E-state index is 4.66. The fourth-order valence-corrected chi connectivity index (χ4v) is 2.00. The summed E-state index contributed by atoms with van der Waals surface area (Å²) in [5, 5.41) is 4.66. The van der Waals surface area contributed by atoms with Crippen LogP contribution in [0, 0.1) is 0 Å². The third-order valence-electron chi connectivity index (χ3n) is 3.19. The molecule has 0 spiro atoms. The first kappa shape index (κ1) is 18.5. The van der Waals surface area contributed by atoms with Crippen LogP contribution < -0.4 is 5.43 Å². The first-order valence-electron chi connectivity index (χ1n) is 8.32. The summed E-state index contributed by atoms with van der Waals surface area (Å²) in [6.45, 7) is 11.0. The number of unbranched alkanes of at least 4 members (excludes halogenated alkanes) is 6. The summed E-state index contributed by atoms with van der Waals surface area (Å²) in [7, 11) is 0. The predicted octanol–water partition coefficient (Wildman–Crippen LogP) is 5.67. The molecule has 0 atom stereocenters. The standard InChI is InChI=1S/C17H36N2/c1-6-8-10-12-14-16(15-13-11-9-7-2)18-19-17(3,4)5/h19H,6-15H2,1-5H3. The molecule has 114 valence electrons. The van der Waals surface area contributed by atoms with Crippen molar-refractivity contribution in [1.82, 2.24) is 5.43 Å². The number of nitrogens with one attached hydrogen (secondary N) is 1. The Kier molecular flexibility index (Phi) is 11.0. The Bertz CT molecular complexity index is 212.